The Labute approximate surface area is 96.9 Å². The van der Waals surface area contributed by atoms with E-state index in [4.69, 9.17) is 16.0 Å². The molecule has 94 valence electrons. The van der Waals surface area contributed by atoms with Crippen molar-refractivity contribution in [3.8, 4) is 0 Å². The standard InChI is InChI=1S/C11H23N3O2/c12-11(13-16)4-2-7-14-6-1-3-10(9-14)5-8-15/h10,15-16H,1-9H2,(H2,12,13). The van der Waals surface area contributed by atoms with E-state index in [1.54, 1.807) is 0 Å². The van der Waals surface area contributed by atoms with Crippen LogP contribution in [0.3, 0.4) is 0 Å². The predicted octanol–water partition coefficient (Wildman–Crippen LogP) is 0.607. The number of aliphatic hydroxyl groups is 1. The molecule has 5 heteroatoms. The van der Waals surface area contributed by atoms with Crippen LogP contribution in [0.25, 0.3) is 0 Å². The monoisotopic (exact) mass is 229 g/mol. The molecule has 0 amide bonds. The van der Waals surface area contributed by atoms with Crippen molar-refractivity contribution in [2.45, 2.75) is 32.1 Å². The largest absolute Gasteiger partial charge is 0.409 e. The van der Waals surface area contributed by atoms with Gasteiger partial charge < -0.3 is 20.9 Å². The summed E-state index contributed by atoms with van der Waals surface area (Å²) in [5.74, 6) is 0.950. The molecular formula is C11H23N3O2. The summed E-state index contributed by atoms with van der Waals surface area (Å²) in [6.45, 7) is 3.51. The zero-order valence-electron chi connectivity index (χ0n) is 9.81. The lowest BCUT2D eigenvalue weighted by Gasteiger charge is -2.32. The van der Waals surface area contributed by atoms with Crippen LogP contribution in [0.1, 0.15) is 32.1 Å². The first-order valence-electron chi connectivity index (χ1n) is 6.06. The Morgan fingerprint density at radius 2 is 2.31 bits per heavy atom. The summed E-state index contributed by atoms with van der Waals surface area (Å²) < 4.78 is 0. The molecule has 0 spiro atoms. The molecule has 0 bridgehead atoms. The molecule has 1 atom stereocenters. The number of aliphatic hydroxyl groups excluding tert-OH is 1. The van der Waals surface area contributed by atoms with E-state index in [0.29, 0.717) is 24.8 Å². The van der Waals surface area contributed by atoms with E-state index >= 15 is 0 Å². The quantitative estimate of drug-likeness (QED) is 0.270. The van der Waals surface area contributed by atoms with Crippen molar-refractivity contribution in [1.29, 1.82) is 0 Å². The van der Waals surface area contributed by atoms with Crippen molar-refractivity contribution in [2.75, 3.05) is 26.2 Å². The first-order valence-corrected chi connectivity index (χ1v) is 6.06. The van der Waals surface area contributed by atoms with Gasteiger partial charge in [0, 0.05) is 19.6 Å². The van der Waals surface area contributed by atoms with E-state index in [1.807, 2.05) is 0 Å². The van der Waals surface area contributed by atoms with Gasteiger partial charge in [0.25, 0.3) is 0 Å². The zero-order chi connectivity index (χ0) is 11.8. The van der Waals surface area contributed by atoms with Gasteiger partial charge in [0.05, 0.1) is 0 Å². The Morgan fingerprint density at radius 3 is 3.00 bits per heavy atom. The third kappa shape index (κ3) is 4.81. The maximum Gasteiger partial charge on any atom is 0.139 e. The molecular weight excluding hydrogens is 206 g/mol. The van der Waals surface area contributed by atoms with Crippen LogP contribution in [0.5, 0.6) is 0 Å². The highest BCUT2D eigenvalue weighted by molar-refractivity contribution is 5.79. The summed E-state index contributed by atoms with van der Waals surface area (Å²) in [6, 6.07) is 0. The minimum atomic E-state index is 0.294. The molecule has 0 aromatic rings. The summed E-state index contributed by atoms with van der Waals surface area (Å²) in [4.78, 5) is 2.41. The van der Waals surface area contributed by atoms with Crippen LogP contribution in [0.2, 0.25) is 0 Å². The molecule has 1 aliphatic heterocycles. The lowest BCUT2D eigenvalue weighted by Crippen LogP contribution is -2.36. The first kappa shape index (κ1) is 13.3. The van der Waals surface area contributed by atoms with Crippen LogP contribution in [0, 0.1) is 5.92 Å². The predicted molar refractivity (Wildman–Crippen MR) is 63.5 cm³/mol. The number of rotatable bonds is 6. The van der Waals surface area contributed by atoms with E-state index in [-0.39, 0.29) is 0 Å². The molecule has 0 aliphatic carbocycles. The lowest BCUT2D eigenvalue weighted by molar-refractivity contribution is 0.147. The summed E-state index contributed by atoms with van der Waals surface area (Å²) >= 11 is 0. The molecule has 16 heavy (non-hydrogen) atoms. The van der Waals surface area contributed by atoms with Crippen molar-refractivity contribution >= 4 is 5.84 Å². The fourth-order valence-electron chi connectivity index (χ4n) is 2.31. The number of piperidine rings is 1. The van der Waals surface area contributed by atoms with Gasteiger partial charge in [0.15, 0.2) is 0 Å². The van der Waals surface area contributed by atoms with Crippen LogP contribution in [0.4, 0.5) is 0 Å². The molecule has 1 fully saturated rings. The van der Waals surface area contributed by atoms with Gasteiger partial charge in [-0.15, -0.1) is 0 Å². The van der Waals surface area contributed by atoms with E-state index in [9.17, 15) is 0 Å². The van der Waals surface area contributed by atoms with Crippen LogP contribution >= 0.6 is 0 Å². The number of hydrogen-bond acceptors (Lipinski definition) is 4. The third-order valence-electron chi connectivity index (χ3n) is 3.18. The molecule has 0 saturated carbocycles. The molecule has 0 aromatic heterocycles. The van der Waals surface area contributed by atoms with Gasteiger partial charge in [-0.05, 0) is 44.7 Å². The Hall–Kier alpha value is -0.810. The van der Waals surface area contributed by atoms with E-state index < -0.39 is 0 Å². The third-order valence-corrected chi connectivity index (χ3v) is 3.18. The molecule has 0 aromatic carbocycles. The number of oxime groups is 1. The number of likely N-dealkylation sites (tertiary alicyclic amines) is 1. The first-order chi connectivity index (χ1) is 7.76. The normalized spacial score (nSPS) is 23.6. The summed E-state index contributed by atoms with van der Waals surface area (Å²) in [5, 5.41) is 20.3. The second-order valence-electron chi connectivity index (χ2n) is 4.52. The van der Waals surface area contributed by atoms with E-state index in [1.165, 1.54) is 12.8 Å². The maximum absolute atomic E-state index is 8.91. The average Bonchev–Trinajstić information content (AvgIpc) is 2.30. The van der Waals surface area contributed by atoms with Gasteiger partial charge in [-0.25, -0.2) is 0 Å². The molecule has 0 radical (unpaired) electrons. The Morgan fingerprint density at radius 1 is 1.50 bits per heavy atom. The van der Waals surface area contributed by atoms with Gasteiger partial charge in [0.2, 0.25) is 0 Å². The number of hydrogen-bond donors (Lipinski definition) is 3. The Balaban J connectivity index is 2.16. The lowest BCUT2D eigenvalue weighted by atomic mass is 9.95. The van der Waals surface area contributed by atoms with Gasteiger partial charge >= 0.3 is 0 Å². The molecule has 5 nitrogen and oxygen atoms in total. The van der Waals surface area contributed by atoms with E-state index in [0.717, 1.165) is 32.5 Å². The van der Waals surface area contributed by atoms with Crippen molar-refractivity contribution in [3.05, 3.63) is 0 Å². The zero-order valence-corrected chi connectivity index (χ0v) is 9.81. The van der Waals surface area contributed by atoms with Crippen molar-refractivity contribution in [3.63, 3.8) is 0 Å². The summed E-state index contributed by atoms with van der Waals surface area (Å²) in [5.41, 5.74) is 5.41. The van der Waals surface area contributed by atoms with Crippen LogP contribution in [-0.4, -0.2) is 47.3 Å². The minimum absolute atomic E-state index is 0.294. The smallest absolute Gasteiger partial charge is 0.139 e. The van der Waals surface area contributed by atoms with Gasteiger partial charge in [0.1, 0.15) is 5.84 Å². The molecule has 1 heterocycles. The number of nitrogens with zero attached hydrogens (tertiary/aromatic N) is 2. The second-order valence-corrected chi connectivity index (χ2v) is 4.52. The van der Waals surface area contributed by atoms with Crippen LogP contribution in [-0.2, 0) is 0 Å². The summed E-state index contributed by atoms with van der Waals surface area (Å²) in [6.07, 6.45) is 4.95. The fraction of sp³-hybridized carbons (Fsp3) is 0.909. The highest BCUT2D eigenvalue weighted by Gasteiger charge is 2.18. The van der Waals surface area contributed by atoms with Gasteiger partial charge in [-0.2, -0.15) is 0 Å². The van der Waals surface area contributed by atoms with Crippen molar-refractivity contribution in [1.82, 2.24) is 4.90 Å². The number of amidine groups is 1. The molecule has 1 rings (SSSR count). The van der Waals surface area contributed by atoms with Crippen LogP contribution in [0.15, 0.2) is 5.16 Å². The van der Waals surface area contributed by atoms with Gasteiger partial charge in [-0.1, -0.05) is 5.16 Å². The minimum Gasteiger partial charge on any atom is -0.409 e. The van der Waals surface area contributed by atoms with Crippen molar-refractivity contribution in [2.24, 2.45) is 16.8 Å². The fourth-order valence-corrected chi connectivity index (χ4v) is 2.31. The second kappa shape index (κ2) is 7.46. The molecule has 1 unspecified atom stereocenters. The highest BCUT2D eigenvalue weighted by atomic mass is 16.4. The van der Waals surface area contributed by atoms with E-state index in [2.05, 4.69) is 10.1 Å². The Kier molecular flexibility index (Phi) is 6.18. The highest BCUT2D eigenvalue weighted by Crippen LogP contribution is 2.19. The molecule has 1 saturated heterocycles. The topological polar surface area (TPSA) is 82.1 Å². The molecule has 1 aliphatic rings. The number of nitrogens with two attached hydrogens (primary N) is 1. The maximum atomic E-state index is 8.91. The van der Waals surface area contributed by atoms with Crippen LogP contribution < -0.4 is 5.73 Å². The SMILES string of the molecule is NC(CCCN1CCCC(CCO)C1)=NO. The molecule has 4 N–H and O–H groups in total. The average molecular weight is 229 g/mol. The Bertz CT molecular complexity index is 219. The van der Waals surface area contributed by atoms with Gasteiger partial charge in [-0.3, -0.25) is 0 Å². The summed E-state index contributed by atoms with van der Waals surface area (Å²) in [7, 11) is 0. The van der Waals surface area contributed by atoms with Crippen molar-refractivity contribution < 1.29 is 10.3 Å².